The van der Waals surface area contributed by atoms with Crippen molar-refractivity contribution in [2.24, 2.45) is 0 Å². The van der Waals surface area contributed by atoms with Crippen LogP contribution >= 0.6 is 12.8 Å². The molecule has 0 unspecified atom stereocenters. The van der Waals surface area contributed by atoms with Crippen LogP contribution in [-0.2, 0) is 4.74 Å². The van der Waals surface area contributed by atoms with Gasteiger partial charge in [0.25, 0.3) is 0 Å². The van der Waals surface area contributed by atoms with Crippen LogP contribution in [0.15, 0.2) is 0 Å². The van der Waals surface area contributed by atoms with Crippen LogP contribution in [0.3, 0.4) is 0 Å². The van der Waals surface area contributed by atoms with E-state index < -0.39 is 6.09 Å². The van der Waals surface area contributed by atoms with Gasteiger partial charge in [-0.1, -0.05) is 0 Å². The number of amides is 1. The topological polar surface area (TPSA) is 49.8 Å². The van der Waals surface area contributed by atoms with Gasteiger partial charge in [0.15, 0.2) is 0 Å². The Morgan fingerprint density at radius 3 is 2.33 bits per heavy atom. The van der Waals surface area contributed by atoms with E-state index in [4.69, 9.17) is 5.21 Å². The van der Waals surface area contributed by atoms with E-state index >= 15 is 0 Å². The molecule has 0 atom stereocenters. The zero-order chi connectivity index (χ0) is 7.44. The van der Waals surface area contributed by atoms with Crippen LogP contribution in [0.4, 0.5) is 4.79 Å². The second-order valence-electron chi connectivity index (χ2n) is 1.72. The lowest BCUT2D eigenvalue weighted by molar-refractivity contribution is -0.00307. The first kappa shape index (κ1) is 8.58. The van der Waals surface area contributed by atoms with Crippen molar-refractivity contribution in [3.8, 4) is 0 Å². The van der Waals surface area contributed by atoms with E-state index in [1.807, 2.05) is 0 Å². The SMILES string of the molecule is CC(C)OC(=O)N(O)S. The molecule has 4 nitrogen and oxygen atoms in total. The number of ether oxygens (including phenoxy) is 1. The molecule has 0 fully saturated rings. The highest BCUT2D eigenvalue weighted by molar-refractivity contribution is 7.78. The number of rotatable bonds is 1. The molecule has 5 heteroatoms. The van der Waals surface area contributed by atoms with Gasteiger partial charge in [-0.05, 0) is 26.7 Å². The molecule has 0 heterocycles. The van der Waals surface area contributed by atoms with E-state index in [0.29, 0.717) is 0 Å². The minimum atomic E-state index is -0.867. The lowest BCUT2D eigenvalue weighted by Crippen LogP contribution is -2.21. The van der Waals surface area contributed by atoms with Gasteiger partial charge in [0.05, 0.1) is 6.10 Å². The van der Waals surface area contributed by atoms with Crippen molar-refractivity contribution in [3.63, 3.8) is 0 Å². The van der Waals surface area contributed by atoms with Crippen LogP contribution in [-0.4, -0.2) is 21.9 Å². The highest BCUT2D eigenvalue weighted by atomic mass is 32.1. The molecule has 0 aliphatic heterocycles. The van der Waals surface area contributed by atoms with Crippen molar-refractivity contribution >= 4 is 18.9 Å². The molecule has 0 aliphatic rings. The summed E-state index contributed by atoms with van der Waals surface area (Å²) in [6.45, 7) is 3.35. The van der Waals surface area contributed by atoms with Gasteiger partial charge in [0.1, 0.15) is 0 Å². The van der Waals surface area contributed by atoms with Gasteiger partial charge in [-0.3, -0.25) is 5.21 Å². The number of hydrogen-bond acceptors (Lipinski definition) is 4. The molecule has 0 spiro atoms. The Balaban J connectivity index is 3.51. The van der Waals surface area contributed by atoms with Crippen LogP contribution in [0.25, 0.3) is 0 Å². The molecular weight excluding hydrogens is 142 g/mol. The van der Waals surface area contributed by atoms with Gasteiger partial charge < -0.3 is 4.74 Å². The van der Waals surface area contributed by atoms with E-state index in [-0.39, 0.29) is 10.6 Å². The summed E-state index contributed by atoms with van der Waals surface area (Å²) in [6.07, 6.45) is -1.10. The van der Waals surface area contributed by atoms with Crippen LogP contribution in [0.1, 0.15) is 13.8 Å². The smallest absolute Gasteiger partial charge is 0.444 e. The van der Waals surface area contributed by atoms with Gasteiger partial charge in [0.2, 0.25) is 0 Å². The predicted octanol–water partition coefficient (Wildman–Crippen LogP) is 1.07. The number of carbonyl (C=O) groups is 1. The summed E-state index contributed by atoms with van der Waals surface area (Å²) in [6, 6.07) is 0. The van der Waals surface area contributed by atoms with Crippen LogP contribution in [0, 0.1) is 0 Å². The predicted molar refractivity (Wildman–Crippen MR) is 34.2 cm³/mol. The Morgan fingerprint density at radius 1 is 1.78 bits per heavy atom. The second kappa shape index (κ2) is 3.58. The average Bonchev–Trinajstić information content (AvgIpc) is 1.63. The number of hydrogen-bond donors (Lipinski definition) is 2. The fourth-order valence-corrected chi connectivity index (χ4v) is 0.296. The Morgan fingerprint density at radius 2 is 2.22 bits per heavy atom. The number of thiol groups is 1. The number of carbonyl (C=O) groups excluding carboxylic acids is 1. The molecule has 0 aromatic rings. The van der Waals surface area contributed by atoms with Crippen LogP contribution in [0.2, 0.25) is 0 Å². The van der Waals surface area contributed by atoms with E-state index in [1.54, 1.807) is 13.8 Å². The summed E-state index contributed by atoms with van der Waals surface area (Å²) < 4.78 is 4.57. The highest BCUT2D eigenvalue weighted by Gasteiger charge is 2.08. The normalized spacial score (nSPS) is 9.44. The number of nitrogens with zero attached hydrogens (tertiary/aromatic N) is 1. The molecule has 0 saturated heterocycles. The van der Waals surface area contributed by atoms with Crippen molar-refractivity contribution in [1.82, 2.24) is 4.47 Å². The fourth-order valence-electron chi connectivity index (χ4n) is 0.249. The molecule has 0 aromatic heterocycles. The van der Waals surface area contributed by atoms with Gasteiger partial charge in [0, 0.05) is 0 Å². The molecule has 0 aliphatic carbocycles. The summed E-state index contributed by atoms with van der Waals surface area (Å²) in [5.41, 5.74) is 0. The minimum Gasteiger partial charge on any atom is -0.445 e. The molecule has 0 aromatic carbocycles. The third-order valence-corrected chi connectivity index (χ3v) is 0.663. The van der Waals surface area contributed by atoms with E-state index in [9.17, 15) is 4.79 Å². The minimum absolute atomic E-state index is 0.0972. The van der Waals surface area contributed by atoms with E-state index in [0.717, 1.165) is 0 Å². The molecular formula is C4H9NO3S. The van der Waals surface area contributed by atoms with Gasteiger partial charge >= 0.3 is 6.09 Å². The standard InChI is InChI=1S/C4H9NO3S/c1-3(2)8-4(6)5(7)9/h3,7,9H,1-2H3. The first-order valence-electron chi connectivity index (χ1n) is 2.42. The summed E-state index contributed by atoms with van der Waals surface area (Å²) in [4.78, 5) is 10.3. The Labute approximate surface area is 58.9 Å². The molecule has 9 heavy (non-hydrogen) atoms. The number of hydroxylamine groups is 1. The zero-order valence-electron chi connectivity index (χ0n) is 5.24. The first-order chi connectivity index (χ1) is 4.04. The third kappa shape index (κ3) is 4.11. The lowest BCUT2D eigenvalue weighted by Gasteiger charge is -2.09. The Kier molecular flexibility index (Phi) is 3.41. The first-order valence-corrected chi connectivity index (χ1v) is 2.82. The van der Waals surface area contributed by atoms with Crippen molar-refractivity contribution in [3.05, 3.63) is 0 Å². The zero-order valence-corrected chi connectivity index (χ0v) is 6.13. The largest absolute Gasteiger partial charge is 0.445 e. The summed E-state index contributed by atoms with van der Waals surface area (Å²) in [7, 11) is 0. The summed E-state index contributed by atoms with van der Waals surface area (Å²) in [5, 5.41) is 8.29. The molecule has 1 N–H and O–H groups in total. The van der Waals surface area contributed by atoms with Gasteiger partial charge in [-0.25, -0.2) is 4.79 Å². The highest BCUT2D eigenvalue weighted by Crippen LogP contribution is 1.96. The van der Waals surface area contributed by atoms with E-state index in [1.165, 1.54) is 0 Å². The maximum Gasteiger partial charge on any atom is 0.444 e. The van der Waals surface area contributed by atoms with Gasteiger partial charge in [-0.15, -0.1) is 4.47 Å². The lowest BCUT2D eigenvalue weighted by atomic mass is 10.5. The Hall–Kier alpha value is -0.420. The summed E-state index contributed by atoms with van der Waals surface area (Å²) in [5.74, 6) is 0. The molecule has 0 radical (unpaired) electrons. The quantitative estimate of drug-likeness (QED) is 0.335. The molecule has 0 saturated carbocycles. The van der Waals surface area contributed by atoms with Crippen molar-refractivity contribution in [2.75, 3.05) is 0 Å². The molecule has 0 bridgehead atoms. The third-order valence-electron chi connectivity index (χ3n) is 0.500. The van der Waals surface area contributed by atoms with Crippen LogP contribution in [0.5, 0.6) is 0 Å². The van der Waals surface area contributed by atoms with Crippen molar-refractivity contribution < 1.29 is 14.7 Å². The van der Waals surface area contributed by atoms with E-state index in [2.05, 4.69) is 17.6 Å². The Bertz CT molecular complexity index is 104. The molecule has 54 valence electrons. The maximum atomic E-state index is 10.3. The maximum absolute atomic E-state index is 10.3. The summed E-state index contributed by atoms with van der Waals surface area (Å²) >= 11 is 3.28. The van der Waals surface area contributed by atoms with Gasteiger partial charge in [-0.2, -0.15) is 0 Å². The average molecular weight is 151 g/mol. The second-order valence-corrected chi connectivity index (χ2v) is 2.10. The monoisotopic (exact) mass is 151 g/mol. The van der Waals surface area contributed by atoms with Crippen molar-refractivity contribution in [1.29, 1.82) is 0 Å². The molecule has 1 amide bonds. The van der Waals surface area contributed by atoms with Crippen LogP contribution < -0.4 is 0 Å². The van der Waals surface area contributed by atoms with Crippen molar-refractivity contribution in [2.45, 2.75) is 20.0 Å². The fraction of sp³-hybridized carbons (Fsp3) is 0.750. The molecule has 0 rings (SSSR count).